The molecule has 0 spiro atoms. The van der Waals surface area contributed by atoms with E-state index in [1.165, 1.54) is 6.08 Å². The molecule has 7 nitrogen and oxygen atoms in total. The van der Waals surface area contributed by atoms with Crippen molar-refractivity contribution in [3.05, 3.63) is 46.0 Å². The Morgan fingerprint density at radius 3 is 2.68 bits per heavy atom. The first-order valence-corrected chi connectivity index (χ1v) is 5.47. The van der Waals surface area contributed by atoms with Crippen LogP contribution in [0.4, 0.5) is 5.69 Å². The SMILES string of the molecule is O=C(O)C(=O)CC1C=Cc2ccccc2N1[N+](=O)[O-]. The number of Topliss-reactive ketones (excluding diaryl/α,β-unsaturated/α-hetero) is 1. The standard InChI is InChI=1S/C12H10N2O5/c15-11(12(16)17)7-9-6-5-8-3-1-2-4-10(8)13(9)14(18)19/h1-6,9H,7H2,(H,16,17). The molecule has 1 aliphatic heterocycles. The van der Waals surface area contributed by atoms with Crippen LogP contribution in [0.1, 0.15) is 12.0 Å². The van der Waals surface area contributed by atoms with Crippen LogP contribution in [-0.4, -0.2) is 27.9 Å². The van der Waals surface area contributed by atoms with Gasteiger partial charge in [-0.1, -0.05) is 35.4 Å². The smallest absolute Gasteiger partial charge is 0.372 e. The fraction of sp³-hybridized carbons (Fsp3) is 0.167. The van der Waals surface area contributed by atoms with Crippen molar-refractivity contribution in [2.45, 2.75) is 12.5 Å². The average molecular weight is 262 g/mol. The van der Waals surface area contributed by atoms with Crippen molar-refractivity contribution < 1.29 is 19.7 Å². The third-order valence-electron chi connectivity index (χ3n) is 2.80. The molecule has 1 atom stereocenters. The van der Waals surface area contributed by atoms with Gasteiger partial charge in [0.25, 0.3) is 0 Å². The minimum absolute atomic E-state index is 0.346. The van der Waals surface area contributed by atoms with Gasteiger partial charge >= 0.3 is 5.97 Å². The normalized spacial score (nSPS) is 16.8. The maximum absolute atomic E-state index is 11.2. The molecule has 98 valence electrons. The Kier molecular flexibility index (Phi) is 3.28. The van der Waals surface area contributed by atoms with E-state index in [-0.39, 0.29) is 0 Å². The Labute approximate surface area is 107 Å². The van der Waals surface area contributed by atoms with Crippen LogP contribution in [0.15, 0.2) is 30.3 Å². The second kappa shape index (κ2) is 4.89. The number of nitrogens with zero attached hydrogens (tertiary/aromatic N) is 2. The molecule has 19 heavy (non-hydrogen) atoms. The summed E-state index contributed by atoms with van der Waals surface area (Å²) in [6.45, 7) is 0. The van der Waals surface area contributed by atoms with E-state index < -0.39 is 29.2 Å². The maximum Gasteiger partial charge on any atom is 0.372 e. The van der Waals surface area contributed by atoms with Gasteiger partial charge in [-0.2, -0.15) is 0 Å². The molecular formula is C12H10N2O5. The van der Waals surface area contributed by atoms with Crippen molar-refractivity contribution in [1.29, 1.82) is 0 Å². The van der Waals surface area contributed by atoms with Crippen molar-refractivity contribution in [1.82, 2.24) is 0 Å². The molecule has 0 amide bonds. The van der Waals surface area contributed by atoms with Gasteiger partial charge in [0.1, 0.15) is 11.7 Å². The zero-order valence-electron chi connectivity index (χ0n) is 9.72. The Bertz CT molecular complexity index is 581. The lowest BCUT2D eigenvalue weighted by Gasteiger charge is -2.25. The number of hydrazine groups is 1. The van der Waals surface area contributed by atoms with E-state index in [1.807, 2.05) is 0 Å². The van der Waals surface area contributed by atoms with E-state index in [2.05, 4.69) is 0 Å². The van der Waals surface area contributed by atoms with Crippen LogP contribution in [0.5, 0.6) is 0 Å². The summed E-state index contributed by atoms with van der Waals surface area (Å²) in [5.74, 6) is -2.64. The summed E-state index contributed by atoms with van der Waals surface area (Å²) in [6.07, 6.45) is 2.67. The van der Waals surface area contributed by atoms with Gasteiger partial charge in [0.15, 0.2) is 5.03 Å². The molecule has 1 aromatic carbocycles. The number of hydrogen-bond donors (Lipinski definition) is 1. The van der Waals surface area contributed by atoms with Crippen molar-refractivity contribution in [3.8, 4) is 0 Å². The first kappa shape index (κ1) is 12.7. The van der Waals surface area contributed by atoms with Gasteiger partial charge in [0.2, 0.25) is 5.78 Å². The fourth-order valence-corrected chi connectivity index (χ4v) is 1.95. The minimum atomic E-state index is -1.59. The van der Waals surface area contributed by atoms with Gasteiger partial charge < -0.3 is 5.11 Å². The Morgan fingerprint density at radius 1 is 1.37 bits per heavy atom. The van der Waals surface area contributed by atoms with Crippen LogP contribution in [0.25, 0.3) is 6.08 Å². The molecular weight excluding hydrogens is 252 g/mol. The maximum atomic E-state index is 11.2. The average Bonchev–Trinajstić information content (AvgIpc) is 2.37. The second-order valence-electron chi connectivity index (χ2n) is 4.00. The van der Waals surface area contributed by atoms with Crippen molar-refractivity contribution >= 4 is 23.5 Å². The Hall–Kier alpha value is -2.70. The lowest BCUT2D eigenvalue weighted by Crippen LogP contribution is -2.42. The summed E-state index contributed by atoms with van der Waals surface area (Å²) in [6, 6.07) is 5.75. The zero-order valence-corrected chi connectivity index (χ0v) is 9.72. The largest absolute Gasteiger partial charge is 0.475 e. The van der Waals surface area contributed by atoms with Gasteiger partial charge in [-0.25, -0.2) is 14.9 Å². The van der Waals surface area contributed by atoms with Gasteiger partial charge in [-0.3, -0.25) is 4.79 Å². The molecule has 0 radical (unpaired) electrons. The number of aliphatic carboxylic acids is 1. The summed E-state index contributed by atoms with van der Waals surface area (Å²) < 4.78 is 0. The number of benzene rings is 1. The molecule has 0 bridgehead atoms. The summed E-state index contributed by atoms with van der Waals surface area (Å²) in [5.41, 5.74) is 0.997. The monoisotopic (exact) mass is 262 g/mol. The second-order valence-corrected chi connectivity index (χ2v) is 4.00. The lowest BCUT2D eigenvalue weighted by atomic mass is 10.0. The molecule has 1 N–H and O–H groups in total. The molecule has 0 saturated carbocycles. The van der Waals surface area contributed by atoms with Crippen LogP contribution in [0.2, 0.25) is 0 Å². The number of carbonyl (C=O) groups excluding carboxylic acids is 1. The van der Waals surface area contributed by atoms with Crippen molar-refractivity contribution in [2.24, 2.45) is 0 Å². The van der Waals surface area contributed by atoms with Crippen LogP contribution in [0, 0.1) is 10.1 Å². The first-order valence-electron chi connectivity index (χ1n) is 5.47. The molecule has 1 unspecified atom stereocenters. The van der Waals surface area contributed by atoms with Crippen molar-refractivity contribution in [2.75, 3.05) is 5.01 Å². The van der Waals surface area contributed by atoms with Gasteiger partial charge in [0.05, 0.1) is 0 Å². The third-order valence-corrected chi connectivity index (χ3v) is 2.80. The van der Waals surface area contributed by atoms with E-state index in [9.17, 15) is 19.7 Å². The third kappa shape index (κ3) is 2.44. The zero-order chi connectivity index (χ0) is 14.0. The summed E-state index contributed by atoms with van der Waals surface area (Å²) >= 11 is 0. The number of nitro groups is 1. The van der Waals surface area contributed by atoms with Gasteiger partial charge in [-0.05, 0) is 6.07 Å². The van der Waals surface area contributed by atoms with Gasteiger partial charge in [-0.15, -0.1) is 0 Å². The van der Waals surface area contributed by atoms with Crippen LogP contribution >= 0.6 is 0 Å². The van der Waals surface area contributed by atoms with E-state index in [4.69, 9.17) is 5.11 Å². The number of ketones is 1. The highest BCUT2D eigenvalue weighted by atomic mass is 16.7. The van der Waals surface area contributed by atoms with Crippen molar-refractivity contribution in [3.63, 3.8) is 0 Å². The summed E-state index contributed by atoms with van der Waals surface area (Å²) in [7, 11) is 0. The predicted molar refractivity (Wildman–Crippen MR) is 66.0 cm³/mol. The molecule has 0 aromatic heterocycles. The van der Waals surface area contributed by atoms with E-state index in [0.717, 1.165) is 5.01 Å². The van der Waals surface area contributed by atoms with E-state index in [0.29, 0.717) is 11.3 Å². The molecule has 1 aliphatic rings. The number of carboxylic acid groups (broad SMARTS) is 1. The number of rotatable bonds is 4. The molecule has 1 heterocycles. The summed E-state index contributed by atoms with van der Waals surface area (Å²) in [4.78, 5) is 32.9. The number of carbonyl (C=O) groups is 2. The fourth-order valence-electron chi connectivity index (χ4n) is 1.95. The number of fused-ring (bicyclic) bond motifs is 1. The molecule has 1 aromatic rings. The molecule has 0 fully saturated rings. The summed E-state index contributed by atoms with van der Waals surface area (Å²) in [5, 5.41) is 19.9. The topological polar surface area (TPSA) is 101 Å². The molecule has 7 heteroatoms. The number of para-hydroxylation sites is 1. The highest BCUT2D eigenvalue weighted by Gasteiger charge is 2.33. The molecule has 0 aliphatic carbocycles. The first-order chi connectivity index (χ1) is 9.00. The number of hydrogen-bond acceptors (Lipinski definition) is 4. The Balaban J connectivity index is 2.34. The van der Waals surface area contributed by atoms with Crippen LogP contribution < -0.4 is 5.01 Å². The molecule has 0 saturated heterocycles. The lowest BCUT2D eigenvalue weighted by molar-refractivity contribution is -0.498. The number of anilines is 1. The van der Waals surface area contributed by atoms with E-state index >= 15 is 0 Å². The van der Waals surface area contributed by atoms with Gasteiger partial charge in [0, 0.05) is 12.0 Å². The highest BCUT2D eigenvalue weighted by Crippen LogP contribution is 2.29. The minimum Gasteiger partial charge on any atom is -0.475 e. The molecule has 2 rings (SSSR count). The van der Waals surface area contributed by atoms with Crippen LogP contribution in [-0.2, 0) is 9.59 Å². The highest BCUT2D eigenvalue weighted by molar-refractivity contribution is 6.32. The quantitative estimate of drug-likeness (QED) is 0.495. The van der Waals surface area contributed by atoms with Crippen LogP contribution in [0.3, 0.4) is 0 Å². The number of carboxylic acids is 1. The van der Waals surface area contributed by atoms with E-state index in [1.54, 1.807) is 30.3 Å². The predicted octanol–water partition coefficient (Wildman–Crippen LogP) is 1.12. The Morgan fingerprint density at radius 2 is 2.05 bits per heavy atom.